The number of esters is 1. The zero-order valence-electron chi connectivity index (χ0n) is 9.77. The maximum atomic E-state index is 11.4. The molecule has 0 saturated heterocycles. The van der Waals surface area contributed by atoms with E-state index >= 15 is 0 Å². The number of hydrogen-bond donors (Lipinski definition) is 1. The zero-order chi connectivity index (χ0) is 13.4. The predicted octanol–water partition coefficient (Wildman–Crippen LogP) is 0.641. The Balaban J connectivity index is 2.12. The summed E-state index contributed by atoms with van der Waals surface area (Å²) in [4.78, 5) is 23.5. The van der Waals surface area contributed by atoms with Gasteiger partial charge in [0.25, 0.3) is 0 Å². The van der Waals surface area contributed by atoms with Crippen molar-refractivity contribution >= 4 is 34.2 Å². The lowest BCUT2D eigenvalue weighted by Crippen LogP contribution is -2.03. The lowest BCUT2D eigenvalue weighted by atomic mass is 10.4. The number of methoxy groups -OCH3 is 1. The van der Waals surface area contributed by atoms with Gasteiger partial charge in [0.1, 0.15) is 12.1 Å². The number of nitrogens with zero attached hydrogens (tertiary/aromatic N) is 5. The molecule has 0 aliphatic heterocycles. The topological polar surface area (TPSA) is 109 Å². The molecule has 8 nitrogen and oxygen atoms in total. The molecule has 2 N–H and O–H groups in total. The third-order valence-electron chi connectivity index (χ3n) is 2.46. The SMILES string of the molecule is COC(=O)c1csc(-n2ncc3c(N)ncnc32)n1. The second-order valence-electron chi connectivity index (χ2n) is 3.56. The van der Waals surface area contributed by atoms with Crippen LogP contribution in [0.4, 0.5) is 5.82 Å². The molecule has 0 aromatic carbocycles. The van der Waals surface area contributed by atoms with Crippen LogP contribution >= 0.6 is 11.3 Å². The average Bonchev–Trinajstić information content (AvgIpc) is 3.04. The summed E-state index contributed by atoms with van der Waals surface area (Å²) in [7, 11) is 1.30. The third-order valence-corrected chi connectivity index (χ3v) is 3.28. The van der Waals surface area contributed by atoms with Gasteiger partial charge in [0.05, 0.1) is 18.7 Å². The maximum Gasteiger partial charge on any atom is 0.357 e. The van der Waals surface area contributed by atoms with E-state index in [1.54, 1.807) is 11.6 Å². The summed E-state index contributed by atoms with van der Waals surface area (Å²) >= 11 is 1.26. The number of nitrogens with two attached hydrogens (primary N) is 1. The predicted molar refractivity (Wildman–Crippen MR) is 68.1 cm³/mol. The molecule has 0 aliphatic rings. The van der Waals surface area contributed by atoms with E-state index in [0.717, 1.165) is 0 Å². The Bertz CT molecular complexity index is 764. The van der Waals surface area contributed by atoms with Crippen LogP contribution in [0.3, 0.4) is 0 Å². The van der Waals surface area contributed by atoms with Gasteiger partial charge in [-0.05, 0) is 0 Å². The molecule has 3 rings (SSSR count). The van der Waals surface area contributed by atoms with Crippen LogP contribution < -0.4 is 5.73 Å². The summed E-state index contributed by atoms with van der Waals surface area (Å²) in [6, 6.07) is 0. The second kappa shape index (κ2) is 4.28. The van der Waals surface area contributed by atoms with Crippen molar-refractivity contribution in [2.75, 3.05) is 12.8 Å². The fraction of sp³-hybridized carbons (Fsp3) is 0.100. The normalized spacial score (nSPS) is 10.8. The van der Waals surface area contributed by atoms with Crippen LogP contribution in [0.1, 0.15) is 10.5 Å². The highest BCUT2D eigenvalue weighted by molar-refractivity contribution is 7.12. The van der Waals surface area contributed by atoms with Gasteiger partial charge in [-0.2, -0.15) is 9.78 Å². The standard InChI is InChI=1S/C10H8N6O2S/c1-18-9(17)6-3-19-10(15-6)16-8-5(2-14-16)7(11)12-4-13-8/h2-4H,1H3,(H2,11,12,13). The van der Waals surface area contributed by atoms with Gasteiger partial charge in [0.15, 0.2) is 11.3 Å². The van der Waals surface area contributed by atoms with Crippen LogP contribution in [-0.2, 0) is 4.74 Å². The minimum absolute atomic E-state index is 0.230. The van der Waals surface area contributed by atoms with Crippen molar-refractivity contribution in [2.45, 2.75) is 0 Å². The summed E-state index contributed by atoms with van der Waals surface area (Å²) in [5.41, 5.74) is 6.50. The smallest absolute Gasteiger partial charge is 0.357 e. The van der Waals surface area contributed by atoms with Gasteiger partial charge in [-0.25, -0.2) is 19.7 Å². The number of ether oxygens (including phenoxy) is 1. The maximum absolute atomic E-state index is 11.4. The lowest BCUT2D eigenvalue weighted by molar-refractivity contribution is 0.0595. The van der Waals surface area contributed by atoms with Gasteiger partial charge in [0.2, 0.25) is 5.13 Å². The monoisotopic (exact) mass is 276 g/mol. The first kappa shape index (κ1) is 11.5. The summed E-state index contributed by atoms with van der Waals surface area (Å²) in [6.45, 7) is 0. The van der Waals surface area contributed by atoms with Crippen molar-refractivity contribution in [3.8, 4) is 5.13 Å². The van der Waals surface area contributed by atoms with Gasteiger partial charge in [-0.15, -0.1) is 11.3 Å². The Kier molecular flexibility index (Phi) is 2.60. The summed E-state index contributed by atoms with van der Waals surface area (Å²) in [5, 5.41) is 6.90. The molecule has 0 fully saturated rings. The first-order chi connectivity index (χ1) is 9.20. The largest absolute Gasteiger partial charge is 0.464 e. The minimum Gasteiger partial charge on any atom is -0.464 e. The number of nitrogen functional groups attached to an aromatic ring is 1. The Morgan fingerprint density at radius 3 is 3.11 bits per heavy atom. The van der Waals surface area contributed by atoms with E-state index in [0.29, 0.717) is 22.0 Å². The number of aromatic nitrogens is 5. The number of rotatable bonds is 2. The van der Waals surface area contributed by atoms with Crippen molar-refractivity contribution in [3.05, 3.63) is 23.6 Å². The van der Waals surface area contributed by atoms with E-state index in [2.05, 4.69) is 24.8 Å². The van der Waals surface area contributed by atoms with Crippen LogP contribution in [-0.4, -0.2) is 37.8 Å². The van der Waals surface area contributed by atoms with Gasteiger partial charge >= 0.3 is 5.97 Å². The van der Waals surface area contributed by atoms with E-state index in [9.17, 15) is 4.79 Å². The van der Waals surface area contributed by atoms with Gasteiger partial charge < -0.3 is 10.5 Å². The fourth-order valence-corrected chi connectivity index (χ4v) is 2.31. The number of hydrogen-bond acceptors (Lipinski definition) is 8. The lowest BCUT2D eigenvalue weighted by Gasteiger charge is -1.97. The fourth-order valence-electron chi connectivity index (χ4n) is 1.56. The summed E-state index contributed by atoms with van der Waals surface area (Å²) in [5.74, 6) is -0.144. The number of fused-ring (bicyclic) bond motifs is 1. The first-order valence-corrected chi connectivity index (χ1v) is 6.07. The summed E-state index contributed by atoms with van der Waals surface area (Å²) < 4.78 is 6.11. The Morgan fingerprint density at radius 2 is 2.32 bits per heavy atom. The molecule has 96 valence electrons. The van der Waals surface area contributed by atoms with Gasteiger partial charge in [-0.1, -0.05) is 0 Å². The second-order valence-corrected chi connectivity index (χ2v) is 4.40. The van der Waals surface area contributed by atoms with E-state index in [1.165, 1.54) is 29.5 Å². The Morgan fingerprint density at radius 1 is 1.47 bits per heavy atom. The number of anilines is 1. The third kappa shape index (κ3) is 1.80. The quantitative estimate of drug-likeness (QED) is 0.684. The molecular formula is C10H8N6O2S. The molecule has 0 unspecified atom stereocenters. The van der Waals surface area contributed by atoms with Crippen LogP contribution in [0.15, 0.2) is 17.9 Å². The van der Waals surface area contributed by atoms with Crippen LogP contribution in [0.5, 0.6) is 0 Å². The summed E-state index contributed by atoms with van der Waals surface area (Å²) in [6.07, 6.45) is 2.91. The average molecular weight is 276 g/mol. The highest BCUT2D eigenvalue weighted by atomic mass is 32.1. The molecule has 0 bridgehead atoms. The van der Waals surface area contributed by atoms with E-state index in [4.69, 9.17) is 5.73 Å². The van der Waals surface area contributed by atoms with Crippen LogP contribution in [0.2, 0.25) is 0 Å². The molecule has 0 saturated carbocycles. The molecule has 9 heteroatoms. The van der Waals surface area contributed by atoms with Crippen LogP contribution in [0.25, 0.3) is 16.2 Å². The van der Waals surface area contributed by atoms with Crippen molar-refractivity contribution < 1.29 is 9.53 Å². The number of thiazole rings is 1. The number of carbonyl (C=O) groups is 1. The molecule has 0 aliphatic carbocycles. The molecule has 3 heterocycles. The first-order valence-electron chi connectivity index (χ1n) is 5.19. The van der Waals surface area contributed by atoms with Crippen molar-refractivity contribution in [1.29, 1.82) is 0 Å². The van der Waals surface area contributed by atoms with Crippen molar-refractivity contribution in [3.63, 3.8) is 0 Å². The van der Waals surface area contributed by atoms with Gasteiger partial charge in [-0.3, -0.25) is 0 Å². The zero-order valence-corrected chi connectivity index (χ0v) is 10.6. The van der Waals surface area contributed by atoms with E-state index in [1.807, 2.05) is 0 Å². The van der Waals surface area contributed by atoms with Gasteiger partial charge in [0, 0.05) is 5.38 Å². The Hall–Kier alpha value is -2.55. The van der Waals surface area contributed by atoms with E-state index < -0.39 is 5.97 Å². The highest BCUT2D eigenvalue weighted by Gasteiger charge is 2.15. The molecule has 19 heavy (non-hydrogen) atoms. The Labute approximate surface area is 110 Å². The van der Waals surface area contributed by atoms with Crippen molar-refractivity contribution in [1.82, 2.24) is 24.7 Å². The molecule has 3 aromatic rings. The minimum atomic E-state index is -0.492. The highest BCUT2D eigenvalue weighted by Crippen LogP contribution is 2.21. The van der Waals surface area contributed by atoms with Crippen LogP contribution in [0, 0.1) is 0 Å². The van der Waals surface area contributed by atoms with E-state index in [-0.39, 0.29) is 5.69 Å². The molecule has 3 aromatic heterocycles. The molecule has 0 radical (unpaired) electrons. The molecular weight excluding hydrogens is 268 g/mol. The number of carbonyl (C=O) groups excluding carboxylic acids is 1. The molecule has 0 amide bonds. The molecule has 0 atom stereocenters. The molecule has 0 spiro atoms. The van der Waals surface area contributed by atoms with Crippen molar-refractivity contribution in [2.24, 2.45) is 0 Å².